The van der Waals surface area contributed by atoms with E-state index in [1.165, 1.54) is 19.2 Å². The number of ether oxygens (including phenoxy) is 2. The predicted octanol–water partition coefficient (Wildman–Crippen LogP) is 6.45. The molecule has 1 heterocycles. The summed E-state index contributed by atoms with van der Waals surface area (Å²) in [4.78, 5) is 26.4. The van der Waals surface area contributed by atoms with Crippen LogP contribution in [0.3, 0.4) is 0 Å². The lowest BCUT2D eigenvalue weighted by atomic mass is 9.80. The summed E-state index contributed by atoms with van der Waals surface area (Å²) in [6, 6.07) is 16.5. The van der Waals surface area contributed by atoms with E-state index < -0.39 is 11.9 Å². The average molecular weight is 524 g/mol. The van der Waals surface area contributed by atoms with E-state index in [-0.39, 0.29) is 39.6 Å². The lowest BCUT2D eigenvalue weighted by molar-refractivity contribution is -0.136. The van der Waals surface area contributed by atoms with Crippen molar-refractivity contribution in [3.05, 3.63) is 116 Å². The first-order valence-electron chi connectivity index (χ1n) is 11.1. The molecule has 0 bridgehead atoms. The van der Waals surface area contributed by atoms with Gasteiger partial charge in [-0.25, -0.2) is 9.18 Å². The van der Waals surface area contributed by atoms with E-state index in [1.54, 1.807) is 43.3 Å². The number of fused-ring (bicyclic) bond motifs is 2. The number of Topliss-reactive ketones (excluding diaryl/α,β-unsaturated/α-hetero) is 1. The molecule has 1 aliphatic heterocycles. The van der Waals surface area contributed by atoms with Crippen molar-refractivity contribution in [2.24, 2.45) is 0 Å². The minimum Gasteiger partial charge on any atom is -0.486 e. The standard InChI is InChI=1S/C28H20Cl2FNO4/c1-14-22(28(34)35-2)23(24-25(32-14)18-8-3-4-9-19(18)26(24)33)16-11-20(29)27(21(30)12-16)36-13-15-6-5-7-17(31)10-15/h3-12,23,32H,13H2,1-2H3/t23-/m0/s1. The third-order valence-corrected chi connectivity index (χ3v) is 6.84. The fraction of sp³-hybridized carbons (Fsp3) is 0.143. The smallest absolute Gasteiger partial charge is 0.336 e. The molecule has 182 valence electrons. The van der Waals surface area contributed by atoms with Gasteiger partial charge in [-0.1, -0.05) is 59.6 Å². The highest BCUT2D eigenvalue weighted by Gasteiger charge is 2.43. The quantitative estimate of drug-likeness (QED) is 0.389. The Balaban J connectivity index is 1.58. The second-order valence-corrected chi connectivity index (χ2v) is 9.30. The number of ketones is 1. The molecule has 3 aromatic carbocycles. The molecular weight excluding hydrogens is 504 g/mol. The van der Waals surface area contributed by atoms with Crippen molar-refractivity contribution in [3.63, 3.8) is 0 Å². The van der Waals surface area contributed by atoms with Gasteiger partial charge in [-0.2, -0.15) is 0 Å². The SMILES string of the molecule is COC(=O)C1=C(C)NC2=C(C(=O)c3ccccc32)[C@H]1c1cc(Cl)c(OCc2cccc(F)c2)c(Cl)c1. The molecule has 0 radical (unpaired) electrons. The van der Waals surface area contributed by atoms with Crippen LogP contribution in [0.2, 0.25) is 10.0 Å². The van der Waals surface area contributed by atoms with Crippen molar-refractivity contribution in [1.29, 1.82) is 0 Å². The van der Waals surface area contributed by atoms with Gasteiger partial charge in [-0.05, 0) is 42.3 Å². The van der Waals surface area contributed by atoms with Crippen molar-refractivity contribution in [2.75, 3.05) is 7.11 Å². The van der Waals surface area contributed by atoms with E-state index in [0.717, 1.165) is 5.56 Å². The van der Waals surface area contributed by atoms with Crippen LogP contribution in [0.4, 0.5) is 4.39 Å². The van der Waals surface area contributed by atoms with E-state index in [9.17, 15) is 14.0 Å². The zero-order valence-electron chi connectivity index (χ0n) is 19.3. The molecule has 0 saturated carbocycles. The van der Waals surface area contributed by atoms with Crippen LogP contribution in [0.1, 0.15) is 39.9 Å². The van der Waals surface area contributed by atoms with E-state index in [1.807, 2.05) is 12.1 Å². The highest BCUT2D eigenvalue weighted by Crippen LogP contribution is 2.48. The van der Waals surface area contributed by atoms with Crippen LogP contribution in [0.25, 0.3) is 5.70 Å². The average Bonchev–Trinajstić information content (AvgIpc) is 3.13. The van der Waals surface area contributed by atoms with Crippen molar-refractivity contribution in [3.8, 4) is 5.75 Å². The largest absolute Gasteiger partial charge is 0.486 e. The minimum atomic E-state index is -0.763. The summed E-state index contributed by atoms with van der Waals surface area (Å²) >= 11 is 13.2. The number of carbonyl (C=O) groups excluding carboxylic acids is 2. The second-order valence-electron chi connectivity index (χ2n) is 8.48. The number of allylic oxidation sites excluding steroid dienone is 2. The Morgan fingerprint density at radius 2 is 1.72 bits per heavy atom. The molecule has 0 saturated heterocycles. The minimum absolute atomic E-state index is 0.0550. The van der Waals surface area contributed by atoms with Gasteiger partial charge in [-0.3, -0.25) is 4.79 Å². The van der Waals surface area contributed by atoms with Gasteiger partial charge in [0.05, 0.1) is 28.4 Å². The number of esters is 1. The number of carbonyl (C=O) groups is 2. The van der Waals surface area contributed by atoms with Crippen LogP contribution in [-0.4, -0.2) is 18.9 Å². The van der Waals surface area contributed by atoms with Gasteiger partial charge in [0.15, 0.2) is 11.5 Å². The van der Waals surface area contributed by atoms with Gasteiger partial charge in [0, 0.05) is 28.3 Å². The van der Waals surface area contributed by atoms with Gasteiger partial charge < -0.3 is 14.8 Å². The molecule has 3 aromatic rings. The molecule has 1 aliphatic carbocycles. The molecule has 1 N–H and O–H groups in total. The maximum atomic E-state index is 13.5. The van der Waals surface area contributed by atoms with Gasteiger partial charge in [-0.15, -0.1) is 0 Å². The number of hydrogen-bond acceptors (Lipinski definition) is 5. The Labute approximate surface area is 217 Å². The third kappa shape index (κ3) is 4.06. The number of nitrogens with one attached hydrogen (secondary N) is 1. The maximum Gasteiger partial charge on any atom is 0.336 e. The predicted molar refractivity (Wildman–Crippen MR) is 135 cm³/mol. The van der Waals surface area contributed by atoms with Crippen molar-refractivity contribution in [1.82, 2.24) is 5.32 Å². The molecule has 36 heavy (non-hydrogen) atoms. The Kier molecular flexibility index (Phi) is 6.33. The van der Waals surface area contributed by atoms with Crippen molar-refractivity contribution < 1.29 is 23.5 Å². The molecule has 0 aromatic heterocycles. The molecular formula is C28H20Cl2FNO4. The maximum absolute atomic E-state index is 13.5. The summed E-state index contributed by atoms with van der Waals surface area (Å²) in [5.41, 5.74) is 4.38. The molecule has 0 fully saturated rings. The normalized spacial score (nSPS) is 16.5. The lowest BCUT2D eigenvalue weighted by Gasteiger charge is -2.29. The molecule has 1 atom stereocenters. The number of rotatable bonds is 5. The summed E-state index contributed by atoms with van der Waals surface area (Å²) in [5, 5.41) is 3.62. The molecule has 2 aliphatic rings. The number of hydrogen-bond donors (Lipinski definition) is 1. The highest BCUT2D eigenvalue weighted by molar-refractivity contribution is 6.37. The van der Waals surface area contributed by atoms with Gasteiger partial charge in [0.1, 0.15) is 12.4 Å². The fourth-order valence-corrected chi connectivity index (χ4v) is 5.32. The molecule has 0 spiro atoms. The Bertz CT molecular complexity index is 1470. The molecule has 5 nitrogen and oxygen atoms in total. The lowest BCUT2D eigenvalue weighted by Crippen LogP contribution is -2.29. The first kappa shape index (κ1) is 24.1. The Hall–Kier alpha value is -3.61. The fourth-order valence-electron chi connectivity index (χ4n) is 4.71. The second kappa shape index (κ2) is 9.45. The monoisotopic (exact) mass is 523 g/mol. The summed E-state index contributed by atoms with van der Waals surface area (Å²) in [7, 11) is 1.29. The topological polar surface area (TPSA) is 64.6 Å². The zero-order chi connectivity index (χ0) is 25.6. The van der Waals surface area contributed by atoms with Crippen LogP contribution in [0, 0.1) is 5.82 Å². The number of methoxy groups -OCH3 is 1. The van der Waals surface area contributed by atoms with Crippen LogP contribution in [0.15, 0.2) is 77.5 Å². The summed E-state index contributed by atoms with van der Waals surface area (Å²) in [6.07, 6.45) is 0. The first-order chi connectivity index (χ1) is 17.3. The van der Waals surface area contributed by atoms with Crippen LogP contribution in [0.5, 0.6) is 5.75 Å². The number of halogens is 3. The molecule has 0 amide bonds. The van der Waals surface area contributed by atoms with E-state index >= 15 is 0 Å². The van der Waals surface area contributed by atoms with E-state index in [0.29, 0.717) is 33.7 Å². The summed E-state index contributed by atoms with van der Waals surface area (Å²) in [6.45, 7) is 1.81. The summed E-state index contributed by atoms with van der Waals surface area (Å²) < 4.78 is 24.4. The third-order valence-electron chi connectivity index (χ3n) is 6.28. The van der Waals surface area contributed by atoms with Crippen LogP contribution in [-0.2, 0) is 16.1 Å². The van der Waals surface area contributed by atoms with Crippen molar-refractivity contribution >= 4 is 40.7 Å². The summed E-state index contributed by atoms with van der Waals surface area (Å²) in [5.74, 6) is -1.68. The van der Waals surface area contributed by atoms with E-state index in [2.05, 4.69) is 5.32 Å². The number of dihydropyridines is 1. The highest BCUT2D eigenvalue weighted by atomic mass is 35.5. The number of benzene rings is 3. The molecule has 5 rings (SSSR count). The Morgan fingerprint density at radius 3 is 2.39 bits per heavy atom. The zero-order valence-corrected chi connectivity index (χ0v) is 20.8. The van der Waals surface area contributed by atoms with Crippen LogP contribution >= 0.6 is 23.2 Å². The Morgan fingerprint density at radius 1 is 1.03 bits per heavy atom. The van der Waals surface area contributed by atoms with E-state index in [4.69, 9.17) is 32.7 Å². The molecule has 0 unspecified atom stereocenters. The van der Waals surface area contributed by atoms with Crippen LogP contribution < -0.4 is 10.1 Å². The molecule has 8 heteroatoms. The van der Waals surface area contributed by atoms with Gasteiger partial charge in [0.2, 0.25) is 0 Å². The van der Waals surface area contributed by atoms with Crippen molar-refractivity contribution in [2.45, 2.75) is 19.4 Å². The van der Waals surface area contributed by atoms with Gasteiger partial charge >= 0.3 is 5.97 Å². The first-order valence-corrected chi connectivity index (χ1v) is 11.9. The van der Waals surface area contributed by atoms with Gasteiger partial charge in [0.25, 0.3) is 0 Å².